The highest BCUT2D eigenvalue weighted by Gasteiger charge is 2.16. The number of benzene rings is 1. The zero-order valence-electron chi connectivity index (χ0n) is 8.81. The SMILES string of the molecule is COC(=O)c1cc(SC#N)c(N)cc1OC. The Labute approximate surface area is 97.1 Å². The quantitative estimate of drug-likeness (QED) is 0.373. The number of thiocyanates is 1. The molecule has 5 nitrogen and oxygen atoms in total. The molecular weight excluding hydrogens is 228 g/mol. The minimum Gasteiger partial charge on any atom is -0.496 e. The molecule has 0 fully saturated rings. The zero-order chi connectivity index (χ0) is 12.1. The van der Waals surface area contributed by atoms with Gasteiger partial charge in [0, 0.05) is 11.0 Å². The van der Waals surface area contributed by atoms with Gasteiger partial charge in [0.15, 0.2) is 0 Å². The van der Waals surface area contributed by atoms with Crippen molar-refractivity contribution in [2.75, 3.05) is 20.0 Å². The fourth-order valence-corrected chi connectivity index (χ4v) is 1.60. The number of nitriles is 1. The first-order chi connectivity index (χ1) is 7.63. The highest BCUT2D eigenvalue weighted by Crippen LogP contribution is 2.31. The Bertz CT molecular complexity index is 454. The maximum absolute atomic E-state index is 11.4. The number of esters is 1. The largest absolute Gasteiger partial charge is 0.496 e. The highest BCUT2D eigenvalue weighted by atomic mass is 32.2. The first-order valence-corrected chi connectivity index (χ1v) is 5.07. The van der Waals surface area contributed by atoms with Gasteiger partial charge in [-0.05, 0) is 17.8 Å². The van der Waals surface area contributed by atoms with Crippen LogP contribution >= 0.6 is 11.8 Å². The summed E-state index contributed by atoms with van der Waals surface area (Å²) in [5, 5.41) is 10.5. The van der Waals surface area contributed by atoms with E-state index >= 15 is 0 Å². The van der Waals surface area contributed by atoms with Crippen molar-refractivity contribution in [2.45, 2.75) is 4.90 Å². The number of nitrogens with two attached hydrogens (primary N) is 1. The molecule has 0 amide bonds. The summed E-state index contributed by atoms with van der Waals surface area (Å²) in [5.74, 6) is -0.205. The molecule has 0 aliphatic heterocycles. The molecule has 1 aromatic rings. The second-order valence-corrected chi connectivity index (χ2v) is 3.60. The molecule has 0 bridgehead atoms. The van der Waals surface area contributed by atoms with E-state index in [-0.39, 0.29) is 5.56 Å². The van der Waals surface area contributed by atoms with Crippen LogP contribution in [-0.2, 0) is 4.74 Å². The second-order valence-electron chi connectivity index (χ2n) is 2.78. The predicted octanol–water partition coefficient (Wildman–Crippen LogP) is 1.64. The molecule has 16 heavy (non-hydrogen) atoms. The maximum Gasteiger partial charge on any atom is 0.341 e. The molecule has 0 heterocycles. The summed E-state index contributed by atoms with van der Waals surface area (Å²) >= 11 is 0.880. The fraction of sp³-hybridized carbons (Fsp3) is 0.200. The van der Waals surface area contributed by atoms with Crippen LogP contribution in [0.4, 0.5) is 5.69 Å². The topological polar surface area (TPSA) is 85.3 Å². The van der Waals surface area contributed by atoms with Gasteiger partial charge in [0.25, 0.3) is 0 Å². The van der Waals surface area contributed by atoms with Crippen molar-refractivity contribution in [2.24, 2.45) is 0 Å². The second kappa shape index (κ2) is 5.28. The molecule has 0 saturated carbocycles. The number of hydrogen-bond acceptors (Lipinski definition) is 6. The summed E-state index contributed by atoms with van der Waals surface area (Å²) in [6.07, 6.45) is 0. The van der Waals surface area contributed by atoms with Crippen LogP contribution in [-0.4, -0.2) is 20.2 Å². The van der Waals surface area contributed by atoms with E-state index < -0.39 is 5.97 Å². The molecule has 0 atom stereocenters. The molecule has 0 aliphatic rings. The van der Waals surface area contributed by atoms with Gasteiger partial charge in [-0.1, -0.05) is 0 Å². The summed E-state index contributed by atoms with van der Waals surface area (Å²) in [4.78, 5) is 11.9. The van der Waals surface area contributed by atoms with E-state index in [1.165, 1.54) is 26.4 Å². The third kappa shape index (κ3) is 2.38. The molecule has 84 valence electrons. The van der Waals surface area contributed by atoms with Crippen LogP contribution in [0.15, 0.2) is 17.0 Å². The summed E-state index contributed by atoms with van der Waals surface area (Å²) in [7, 11) is 2.70. The van der Waals surface area contributed by atoms with E-state index in [0.717, 1.165) is 11.8 Å². The van der Waals surface area contributed by atoms with Crippen LogP contribution in [0.25, 0.3) is 0 Å². The molecule has 0 aromatic heterocycles. The highest BCUT2D eigenvalue weighted by molar-refractivity contribution is 8.03. The first-order valence-electron chi connectivity index (χ1n) is 4.25. The zero-order valence-corrected chi connectivity index (χ0v) is 9.63. The van der Waals surface area contributed by atoms with Crippen molar-refractivity contribution in [3.63, 3.8) is 0 Å². The summed E-state index contributed by atoms with van der Waals surface area (Å²) in [5.41, 5.74) is 6.32. The Morgan fingerprint density at radius 1 is 1.50 bits per heavy atom. The minimum atomic E-state index is -0.531. The lowest BCUT2D eigenvalue weighted by atomic mass is 10.2. The van der Waals surface area contributed by atoms with Gasteiger partial charge >= 0.3 is 5.97 Å². The molecule has 0 unspecified atom stereocenters. The van der Waals surface area contributed by atoms with Crippen LogP contribution < -0.4 is 10.5 Å². The summed E-state index contributed by atoms with van der Waals surface area (Å²) < 4.78 is 9.61. The van der Waals surface area contributed by atoms with Crippen LogP contribution in [0.1, 0.15) is 10.4 Å². The van der Waals surface area contributed by atoms with Gasteiger partial charge in [0.1, 0.15) is 16.7 Å². The standard InChI is InChI=1S/C10H10N2O3S/c1-14-8-4-7(12)9(16-5-11)3-6(8)10(13)15-2/h3-4H,12H2,1-2H3. The van der Waals surface area contributed by atoms with E-state index in [4.69, 9.17) is 15.7 Å². The first kappa shape index (κ1) is 12.2. The normalized spacial score (nSPS) is 9.31. The average molecular weight is 238 g/mol. The Morgan fingerprint density at radius 3 is 2.69 bits per heavy atom. The Kier molecular flexibility index (Phi) is 4.03. The number of thioether (sulfide) groups is 1. The van der Waals surface area contributed by atoms with Crippen molar-refractivity contribution in [1.29, 1.82) is 5.26 Å². The number of methoxy groups -OCH3 is 2. The van der Waals surface area contributed by atoms with Crippen molar-refractivity contribution >= 4 is 23.4 Å². The predicted molar refractivity (Wildman–Crippen MR) is 60.2 cm³/mol. The third-order valence-corrected chi connectivity index (χ3v) is 2.56. The van der Waals surface area contributed by atoms with Crippen molar-refractivity contribution in [3.05, 3.63) is 17.7 Å². The lowest BCUT2D eigenvalue weighted by Crippen LogP contribution is -2.05. The Morgan fingerprint density at radius 2 is 2.19 bits per heavy atom. The number of ether oxygens (including phenoxy) is 2. The summed E-state index contributed by atoms with van der Waals surface area (Å²) in [6.45, 7) is 0. The van der Waals surface area contributed by atoms with Crippen molar-refractivity contribution < 1.29 is 14.3 Å². The molecular formula is C10H10N2O3S. The van der Waals surface area contributed by atoms with Gasteiger partial charge in [-0.3, -0.25) is 0 Å². The number of anilines is 1. The van der Waals surface area contributed by atoms with E-state index in [0.29, 0.717) is 16.3 Å². The molecule has 0 spiro atoms. The van der Waals surface area contributed by atoms with Gasteiger partial charge < -0.3 is 15.2 Å². The molecule has 0 radical (unpaired) electrons. The van der Waals surface area contributed by atoms with Crippen LogP contribution in [0.5, 0.6) is 5.75 Å². The molecule has 0 aliphatic carbocycles. The van der Waals surface area contributed by atoms with Gasteiger partial charge in [-0.2, -0.15) is 5.26 Å². The molecule has 6 heteroatoms. The molecule has 1 rings (SSSR count). The monoisotopic (exact) mass is 238 g/mol. The van der Waals surface area contributed by atoms with Crippen molar-refractivity contribution in [1.82, 2.24) is 0 Å². The smallest absolute Gasteiger partial charge is 0.341 e. The van der Waals surface area contributed by atoms with E-state index in [9.17, 15) is 4.79 Å². The molecule has 1 aromatic carbocycles. The fourth-order valence-electron chi connectivity index (χ4n) is 1.15. The maximum atomic E-state index is 11.4. The summed E-state index contributed by atoms with van der Waals surface area (Å²) in [6, 6.07) is 2.97. The van der Waals surface area contributed by atoms with Gasteiger partial charge in [-0.15, -0.1) is 0 Å². The molecule has 0 saturated heterocycles. The van der Waals surface area contributed by atoms with Crippen molar-refractivity contribution in [3.8, 4) is 11.2 Å². The Hall–Kier alpha value is -1.87. The number of rotatable bonds is 3. The van der Waals surface area contributed by atoms with Crippen LogP contribution in [0, 0.1) is 10.7 Å². The van der Waals surface area contributed by atoms with Crippen LogP contribution in [0.2, 0.25) is 0 Å². The van der Waals surface area contributed by atoms with Gasteiger partial charge in [0.2, 0.25) is 0 Å². The lowest BCUT2D eigenvalue weighted by Gasteiger charge is -2.09. The van der Waals surface area contributed by atoms with E-state index in [1.54, 1.807) is 0 Å². The van der Waals surface area contributed by atoms with E-state index in [1.807, 2.05) is 5.40 Å². The number of nitrogen functional groups attached to an aromatic ring is 1. The minimum absolute atomic E-state index is 0.247. The average Bonchev–Trinajstić information content (AvgIpc) is 2.30. The number of nitrogens with zero attached hydrogens (tertiary/aromatic N) is 1. The van der Waals surface area contributed by atoms with Gasteiger partial charge in [-0.25, -0.2) is 4.79 Å². The molecule has 2 N–H and O–H groups in total. The van der Waals surface area contributed by atoms with Gasteiger partial charge in [0.05, 0.1) is 19.9 Å². The number of hydrogen-bond donors (Lipinski definition) is 1. The number of carbonyl (C=O) groups excluding carboxylic acids is 1. The third-order valence-electron chi connectivity index (χ3n) is 1.89. The number of carbonyl (C=O) groups is 1. The lowest BCUT2D eigenvalue weighted by molar-refractivity contribution is 0.0597. The van der Waals surface area contributed by atoms with E-state index in [2.05, 4.69) is 4.74 Å². The Balaban J connectivity index is 3.29. The van der Waals surface area contributed by atoms with Crippen LogP contribution in [0.3, 0.4) is 0 Å².